The molecule has 1 radical (unpaired) electrons. The Kier molecular flexibility index (Phi) is 20.2. The number of rotatable bonds is 0. The largest absolute Gasteiger partial charge is 0.0686 e. The van der Waals surface area contributed by atoms with Gasteiger partial charge in [-0.15, -0.1) is 0 Å². The van der Waals surface area contributed by atoms with Crippen molar-refractivity contribution in [2.24, 2.45) is 0 Å². The van der Waals surface area contributed by atoms with Gasteiger partial charge in [-0.2, -0.15) is 0 Å². The van der Waals surface area contributed by atoms with Gasteiger partial charge in [0.2, 0.25) is 0 Å². The first-order chi connectivity index (χ1) is 1.41. The van der Waals surface area contributed by atoms with E-state index in [0.717, 1.165) is 0 Å². The predicted molar refractivity (Wildman–Crippen MR) is 20.4 cm³/mol. The third kappa shape index (κ3) is 13.6. The smallest absolute Gasteiger partial charge is 0.00244 e. The average molecular weight is 163 g/mol. The summed E-state index contributed by atoms with van der Waals surface area (Å²) in [6.07, 6.45) is 0. The Labute approximate surface area is 43.2 Å². The molecule has 0 aliphatic rings. The van der Waals surface area contributed by atoms with Gasteiger partial charge in [0.05, 0.1) is 0 Å². The maximum atomic E-state index is 2.19. The van der Waals surface area contributed by atoms with Crippen molar-refractivity contribution in [2.75, 3.05) is 0 Å². The first-order valence-corrected chi connectivity index (χ1v) is 2.83. The van der Waals surface area contributed by atoms with Gasteiger partial charge in [-0.3, -0.25) is 0 Å². The minimum atomic E-state index is 0. The molecule has 0 saturated heterocycles. The molecule has 0 aromatic heterocycles. The van der Waals surface area contributed by atoms with Crippen molar-refractivity contribution in [3.63, 3.8) is 0 Å². The van der Waals surface area contributed by atoms with E-state index in [4.69, 9.17) is 0 Å². The molecule has 0 bridgehead atoms. The Bertz CT molecular complexity index is 6.00. The Morgan fingerprint density at radius 2 is 1.75 bits per heavy atom. The Morgan fingerprint density at radius 1 is 1.75 bits per heavy atom. The van der Waals surface area contributed by atoms with Crippen molar-refractivity contribution in [1.29, 1.82) is 0 Å². The van der Waals surface area contributed by atoms with Gasteiger partial charge in [0.1, 0.15) is 0 Å². The van der Waals surface area contributed by atoms with Crippen LogP contribution >= 0.6 is 0 Å². The fraction of sp³-hybridized carbons (Fsp3) is 1.00. The monoisotopic (exact) mass is 163 g/mol. The van der Waals surface area contributed by atoms with E-state index in [0.29, 0.717) is 0 Å². The quantitative estimate of drug-likeness (QED) is 0.433. The van der Waals surface area contributed by atoms with Gasteiger partial charge in [0.15, 0.2) is 0 Å². The van der Waals surface area contributed by atoms with E-state index in [1.165, 1.54) is 16.3 Å². The normalized spacial score (nSPS) is 5.25. The fourth-order valence-corrected chi connectivity index (χ4v) is 0. The van der Waals surface area contributed by atoms with E-state index in [2.05, 4.69) is 6.92 Å². The Balaban J connectivity index is 0. The topological polar surface area (TPSA) is 0 Å². The van der Waals surface area contributed by atoms with Crippen LogP contribution < -0.4 is 0 Å². The molecule has 2 heteroatoms. The maximum absolute atomic E-state index is 2.19. The average Bonchev–Trinajstić information content (AvgIpc) is 0.918. The molecule has 0 nitrogen and oxygen atoms in total. The minimum absolute atomic E-state index is 0. The summed E-state index contributed by atoms with van der Waals surface area (Å²) in [6, 6.07) is 1.39. The molecule has 0 rings (SSSR count). The summed E-state index contributed by atoms with van der Waals surface area (Å²) in [5, 5.41) is 0. The Hall–Kier alpha value is 0.840. The summed E-state index contributed by atoms with van der Waals surface area (Å²) in [4.78, 5) is 0. The van der Waals surface area contributed by atoms with E-state index >= 15 is 0 Å². The summed E-state index contributed by atoms with van der Waals surface area (Å²) < 4.78 is 0. The zero-order valence-corrected chi connectivity index (χ0v) is 6.68. The SMILES string of the molecule is CC[SiH3].[Rh]. The molecule has 0 aliphatic heterocycles. The molecule has 0 aromatic carbocycles. The van der Waals surface area contributed by atoms with Gasteiger partial charge in [-0.25, -0.2) is 0 Å². The van der Waals surface area contributed by atoms with Gasteiger partial charge in [-0.1, -0.05) is 13.0 Å². The summed E-state index contributed by atoms with van der Waals surface area (Å²) >= 11 is 0. The molecule has 4 heavy (non-hydrogen) atoms. The third-order valence-corrected chi connectivity index (χ3v) is 0. The van der Waals surface area contributed by atoms with Gasteiger partial charge in [0, 0.05) is 29.7 Å². The first kappa shape index (κ1) is 8.85. The standard InChI is InChI=1S/C2H8Si.Rh/c1-2-3;/h2H2,1,3H3;. The molecule has 0 saturated carbocycles. The van der Waals surface area contributed by atoms with Gasteiger partial charge >= 0.3 is 0 Å². The van der Waals surface area contributed by atoms with Crippen molar-refractivity contribution in [3.8, 4) is 0 Å². The fourth-order valence-electron chi connectivity index (χ4n) is 0. The molecule has 0 aromatic rings. The van der Waals surface area contributed by atoms with Crippen LogP contribution in [-0.2, 0) is 19.5 Å². The molecular formula is C2H8RhSi. The van der Waals surface area contributed by atoms with Crippen LogP contribution in [-0.4, -0.2) is 10.2 Å². The van der Waals surface area contributed by atoms with Crippen LogP contribution in [0.4, 0.5) is 0 Å². The molecular weight excluding hydrogens is 155 g/mol. The summed E-state index contributed by atoms with van der Waals surface area (Å²) in [5.74, 6) is 0. The predicted octanol–water partition coefficient (Wildman–Crippen LogP) is -0.212. The maximum Gasteiger partial charge on any atom is 0.00244 e. The zero-order chi connectivity index (χ0) is 2.71. The van der Waals surface area contributed by atoms with E-state index < -0.39 is 0 Å². The van der Waals surface area contributed by atoms with E-state index in [1.54, 1.807) is 0 Å². The first-order valence-electron chi connectivity index (χ1n) is 1.41. The van der Waals surface area contributed by atoms with E-state index in [9.17, 15) is 0 Å². The molecule has 0 amide bonds. The summed E-state index contributed by atoms with van der Waals surface area (Å²) in [6.45, 7) is 2.19. The number of hydrogen-bond donors (Lipinski definition) is 0. The molecule has 0 spiro atoms. The van der Waals surface area contributed by atoms with Crippen LogP contribution in [0.5, 0.6) is 0 Å². The molecule has 0 unspecified atom stereocenters. The van der Waals surface area contributed by atoms with Gasteiger partial charge in [0.25, 0.3) is 0 Å². The molecule has 0 N–H and O–H groups in total. The van der Waals surface area contributed by atoms with Gasteiger partial charge in [-0.05, 0) is 0 Å². The van der Waals surface area contributed by atoms with Crippen LogP contribution in [0, 0.1) is 0 Å². The molecule has 0 aliphatic carbocycles. The van der Waals surface area contributed by atoms with Crippen molar-refractivity contribution in [1.82, 2.24) is 0 Å². The second kappa shape index (κ2) is 9.15. The number of hydrogen-bond acceptors (Lipinski definition) is 0. The van der Waals surface area contributed by atoms with Crippen LogP contribution in [0.1, 0.15) is 6.92 Å². The van der Waals surface area contributed by atoms with Crippen molar-refractivity contribution < 1.29 is 19.5 Å². The van der Waals surface area contributed by atoms with Crippen LogP contribution in [0.25, 0.3) is 0 Å². The molecule has 0 heterocycles. The van der Waals surface area contributed by atoms with Crippen molar-refractivity contribution >= 4 is 10.2 Å². The van der Waals surface area contributed by atoms with Crippen LogP contribution in [0.3, 0.4) is 0 Å². The van der Waals surface area contributed by atoms with Crippen molar-refractivity contribution in [2.45, 2.75) is 13.0 Å². The second-order valence-electron chi connectivity index (χ2n) is 0.707. The van der Waals surface area contributed by atoms with Crippen LogP contribution in [0.15, 0.2) is 0 Å². The molecule has 0 fully saturated rings. The van der Waals surface area contributed by atoms with Gasteiger partial charge < -0.3 is 0 Å². The second-order valence-corrected chi connectivity index (χ2v) is 2.12. The van der Waals surface area contributed by atoms with E-state index in [-0.39, 0.29) is 19.5 Å². The molecule has 0 atom stereocenters. The van der Waals surface area contributed by atoms with E-state index in [1.807, 2.05) is 0 Å². The van der Waals surface area contributed by atoms with Crippen LogP contribution in [0.2, 0.25) is 6.04 Å². The Morgan fingerprint density at radius 3 is 1.75 bits per heavy atom. The minimum Gasteiger partial charge on any atom is -0.0686 e. The summed E-state index contributed by atoms with van der Waals surface area (Å²) in [5.41, 5.74) is 0. The zero-order valence-electron chi connectivity index (χ0n) is 3.04. The van der Waals surface area contributed by atoms with Crippen molar-refractivity contribution in [3.05, 3.63) is 0 Å². The third-order valence-electron chi connectivity index (χ3n) is 0. The summed E-state index contributed by atoms with van der Waals surface area (Å²) in [7, 11) is 1.37. The molecule has 29 valence electrons.